The van der Waals surface area contributed by atoms with Gasteiger partial charge < -0.3 is 4.42 Å². The molecule has 0 unspecified atom stereocenters. The van der Waals surface area contributed by atoms with Gasteiger partial charge in [-0.15, -0.1) is 0 Å². The van der Waals surface area contributed by atoms with E-state index in [1.165, 1.54) is 0 Å². The van der Waals surface area contributed by atoms with Gasteiger partial charge in [0.25, 0.3) is 0 Å². The van der Waals surface area contributed by atoms with E-state index in [0.29, 0.717) is 49.4 Å². The fourth-order valence-corrected chi connectivity index (χ4v) is 6.26. The van der Waals surface area contributed by atoms with Crippen LogP contribution in [0.4, 0.5) is 0 Å². The molecule has 0 fully saturated rings. The highest BCUT2D eigenvalue weighted by Gasteiger charge is 2.19. The third kappa shape index (κ3) is 4.17. The largest absolute Gasteiger partial charge is 0.456 e. The van der Waals surface area contributed by atoms with Gasteiger partial charge in [0.2, 0.25) is 0 Å². The minimum absolute atomic E-state index is 0.0345. The lowest BCUT2D eigenvalue weighted by molar-refractivity contribution is 0.669. The first-order chi connectivity index (χ1) is 26.9. The van der Waals surface area contributed by atoms with Gasteiger partial charge in [-0.2, -0.15) is 0 Å². The Bertz CT molecular complexity index is 3070. The molecule has 0 atom stereocenters. The summed E-state index contributed by atoms with van der Waals surface area (Å²) in [5.74, 6) is 0. The fourth-order valence-electron chi connectivity index (χ4n) is 6.26. The zero-order valence-corrected chi connectivity index (χ0v) is 23.7. The van der Waals surface area contributed by atoms with E-state index in [1.54, 1.807) is 36.4 Å². The summed E-state index contributed by atoms with van der Waals surface area (Å²) in [5.41, 5.74) is 3.04. The van der Waals surface area contributed by atoms with Crippen LogP contribution in [0.25, 0.3) is 88.0 Å². The van der Waals surface area contributed by atoms with Crippen LogP contribution in [0.5, 0.6) is 0 Å². The van der Waals surface area contributed by atoms with Gasteiger partial charge in [0.05, 0.1) is 15.1 Å². The summed E-state index contributed by atoms with van der Waals surface area (Å²) >= 11 is 0. The topological polar surface area (TPSA) is 13.1 Å². The molecule has 1 aromatic heterocycles. The SMILES string of the molecule is [2H]c1c([2H])c([2H])c(-c2ccccc2-c2c3ccccc3c(-c3c([2H])c([2H])c4oc5c([2H])c(-c6ccccc6)c([2H])c([2H])c5c4c3[2H])c3ccccc23)c([2H])c1[2H]. The molecule has 8 aromatic carbocycles. The smallest absolute Gasteiger partial charge is 0.136 e. The minimum atomic E-state index is -0.484. The van der Waals surface area contributed by atoms with E-state index in [0.717, 1.165) is 0 Å². The third-order valence-electron chi connectivity index (χ3n) is 8.22. The lowest BCUT2D eigenvalue weighted by Crippen LogP contribution is -1.92. The first kappa shape index (κ1) is 16.8. The molecule has 0 radical (unpaired) electrons. The van der Waals surface area contributed by atoms with E-state index in [9.17, 15) is 4.11 Å². The second kappa shape index (κ2) is 10.4. The molecule has 0 saturated heterocycles. The van der Waals surface area contributed by atoms with Crippen molar-refractivity contribution in [1.82, 2.24) is 0 Å². The van der Waals surface area contributed by atoms with Crippen molar-refractivity contribution in [1.29, 1.82) is 0 Å². The Kier molecular flexibility index (Phi) is 3.87. The number of hydrogen-bond acceptors (Lipinski definition) is 1. The minimum Gasteiger partial charge on any atom is -0.456 e. The van der Waals surface area contributed by atoms with Crippen molar-refractivity contribution in [3.63, 3.8) is 0 Å². The van der Waals surface area contributed by atoms with Crippen molar-refractivity contribution < 1.29 is 19.5 Å². The molecule has 45 heavy (non-hydrogen) atoms. The maximum absolute atomic E-state index is 9.73. The molecular formula is C44H28O. The highest BCUT2D eigenvalue weighted by molar-refractivity contribution is 6.23. The van der Waals surface area contributed by atoms with Gasteiger partial charge in [0.15, 0.2) is 0 Å². The highest BCUT2D eigenvalue weighted by atomic mass is 16.3. The van der Waals surface area contributed by atoms with Gasteiger partial charge in [0.1, 0.15) is 11.2 Å². The fraction of sp³-hybridized carbons (Fsp3) is 0. The van der Waals surface area contributed by atoms with E-state index in [-0.39, 0.29) is 87.0 Å². The summed E-state index contributed by atoms with van der Waals surface area (Å²) in [6.45, 7) is 0. The Morgan fingerprint density at radius 3 is 1.67 bits per heavy atom. The van der Waals surface area contributed by atoms with Crippen LogP contribution in [0.3, 0.4) is 0 Å². The van der Waals surface area contributed by atoms with Crippen LogP contribution in [0, 0.1) is 0 Å². The van der Waals surface area contributed by atoms with Crippen molar-refractivity contribution in [2.24, 2.45) is 0 Å². The molecule has 210 valence electrons. The summed E-state index contributed by atoms with van der Waals surface area (Å²) in [4.78, 5) is 0. The Labute approximate surface area is 277 Å². The van der Waals surface area contributed by atoms with Crippen molar-refractivity contribution in [3.8, 4) is 44.5 Å². The van der Waals surface area contributed by atoms with Crippen LogP contribution in [-0.4, -0.2) is 0 Å². The van der Waals surface area contributed by atoms with E-state index in [4.69, 9.17) is 15.4 Å². The normalized spacial score (nSPS) is 15.0. The van der Waals surface area contributed by atoms with Gasteiger partial charge in [-0.25, -0.2) is 0 Å². The first-order valence-electron chi connectivity index (χ1n) is 20.1. The molecule has 0 N–H and O–H groups in total. The number of rotatable bonds is 4. The van der Waals surface area contributed by atoms with Gasteiger partial charge in [-0.1, -0.05) is 145 Å². The van der Waals surface area contributed by atoms with E-state index in [1.807, 2.05) is 66.7 Å². The Balaban J connectivity index is 1.40. The molecule has 0 aliphatic carbocycles. The second-order valence-electron chi connectivity index (χ2n) is 10.8. The predicted octanol–water partition coefficient (Wildman–Crippen LogP) is 12.6. The van der Waals surface area contributed by atoms with Crippen molar-refractivity contribution in [3.05, 3.63) is 170 Å². The van der Waals surface area contributed by atoms with Crippen LogP contribution in [0.2, 0.25) is 0 Å². The van der Waals surface area contributed by atoms with Gasteiger partial charge in [-0.05, 0) is 90.2 Å². The molecule has 0 aliphatic heterocycles. The molecular weight excluding hydrogens is 544 g/mol. The summed E-state index contributed by atoms with van der Waals surface area (Å²) in [6, 6.07) is 27.5. The molecule has 0 amide bonds. The van der Waals surface area contributed by atoms with Gasteiger partial charge >= 0.3 is 0 Å². The zero-order chi connectivity index (χ0) is 39.3. The Hall–Kier alpha value is -5.92. The molecule has 0 aliphatic rings. The third-order valence-corrected chi connectivity index (χ3v) is 8.22. The first-order valence-corrected chi connectivity index (χ1v) is 14.6. The maximum Gasteiger partial charge on any atom is 0.136 e. The van der Waals surface area contributed by atoms with Crippen molar-refractivity contribution in [2.75, 3.05) is 0 Å². The summed E-state index contributed by atoms with van der Waals surface area (Å²) in [6.07, 6.45) is 0. The van der Waals surface area contributed by atoms with E-state index >= 15 is 0 Å². The number of benzene rings is 8. The molecule has 9 aromatic rings. The van der Waals surface area contributed by atoms with Crippen LogP contribution >= 0.6 is 0 Å². The van der Waals surface area contributed by atoms with E-state index < -0.39 is 18.1 Å². The Morgan fingerprint density at radius 1 is 0.356 bits per heavy atom. The monoisotopic (exact) mass is 583 g/mol. The molecule has 1 heteroatoms. The average molecular weight is 584 g/mol. The van der Waals surface area contributed by atoms with Gasteiger partial charge in [-0.3, -0.25) is 0 Å². The lowest BCUT2D eigenvalue weighted by atomic mass is 9.83. The quantitative estimate of drug-likeness (QED) is 0.188. The molecule has 0 saturated carbocycles. The molecule has 0 bridgehead atoms. The highest BCUT2D eigenvalue weighted by Crippen LogP contribution is 2.46. The molecule has 0 spiro atoms. The lowest BCUT2D eigenvalue weighted by Gasteiger charge is -2.19. The summed E-state index contributed by atoms with van der Waals surface area (Å²) < 4.78 is 104. The molecule has 9 rings (SSSR count). The molecule has 1 nitrogen and oxygen atoms in total. The predicted molar refractivity (Wildman–Crippen MR) is 190 cm³/mol. The van der Waals surface area contributed by atoms with Crippen LogP contribution in [0.15, 0.2) is 174 Å². The van der Waals surface area contributed by atoms with Crippen LogP contribution < -0.4 is 0 Å². The van der Waals surface area contributed by atoms with E-state index in [2.05, 4.69) is 0 Å². The van der Waals surface area contributed by atoms with Crippen molar-refractivity contribution in [2.45, 2.75) is 0 Å². The summed E-state index contributed by atoms with van der Waals surface area (Å²) in [7, 11) is 0. The Morgan fingerprint density at radius 2 is 0.956 bits per heavy atom. The second-order valence-corrected chi connectivity index (χ2v) is 10.8. The molecule has 1 heterocycles. The van der Waals surface area contributed by atoms with Gasteiger partial charge in [0, 0.05) is 10.8 Å². The van der Waals surface area contributed by atoms with Crippen LogP contribution in [-0.2, 0) is 0 Å². The number of furan rings is 1. The number of hydrogen-bond donors (Lipinski definition) is 0. The standard InChI is InChI=1S/C44H28O/c1-3-13-29(14-4-1)31-23-25-34-40-27-32(24-26-41(40)45-42(34)28-31)43-36-19-9-11-21-38(36)44(39-22-12-10-20-37(39)43)35-18-8-7-17-33(35)30-15-5-2-6-16-30/h1-28H/i2D,5D,6D,15D,16D,23D,24D,25D,26D,27D,28D. The maximum atomic E-state index is 9.73. The average Bonchev–Trinajstić information content (AvgIpc) is 3.63. The summed E-state index contributed by atoms with van der Waals surface area (Å²) in [5, 5.41) is 2.78. The van der Waals surface area contributed by atoms with Crippen molar-refractivity contribution >= 4 is 43.5 Å². The number of fused-ring (bicyclic) bond motifs is 5. The van der Waals surface area contributed by atoms with Crippen LogP contribution in [0.1, 0.15) is 15.1 Å². The zero-order valence-electron chi connectivity index (χ0n) is 34.7.